The highest BCUT2D eigenvalue weighted by atomic mass is 16.6. The molecule has 1 unspecified atom stereocenters. The van der Waals surface area contributed by atoms with E-state index in [1.807, 2.05) is 6.08 Å². The van der Waals surface area contributed by atoms with Crippen LogP contribution >= 0.6 is 0 Å². The summed E-state index contributed by atoms with van der Waals surface area (Å²) in [6.07, 6.45) is 8.14. The van der Waals surface area contributed by atoms with E-state index in [1.54, 1.807) is 6.92 Å². The Labute approximate surface area is 172 Å². The Morgan fingerprint density at radius 1 is 1.21 bits per heavy atom. The molecule has 0 aromatic rings. The summed E-state index contributed by atoms with van der Waals surface area (Å²) in [5, 5.41) is 23.9. The fraction of sp³-hybridized carbons (Fsp3) is 0.783. The number of carbonyl (C=O) groups is 2. The van der Waals surface area contributed by atoms with E-state index in [4.69, 9.17) is 9.94 Å². The van der Waals surface area contributed by atoms with Crippen LogP contribution in [0.2, 0.25) is 0 Å². The van der Waals surface area contributed by atoms with Gasteiger partial charge in [-0.05, 0) is 74.7 Å². The molecule has 7 atom stereocenters. The molecule has 0 radical (unpaired) electrons. The van der Waals surface area contributed by atoms with E-state index >= 15 is 0 Å². The van der Waals surface area contributed by atoms with Gasteiger partial charge in [0, 0.05) is 17.8 Å². The van der Waals surface area contributed by atoms with Gasteiger partial charge in [-0.3, -0.25) is 4.79 Å². The SMILES string of the molecule is CC(=O)[C@H]1CC[C@H]2[C@@H]3CCC4=CC(=NOCC(=O)O)CC(O)[C@]4(C)[C@H]3CC[C@]12C. The molecule has 0 saturated heterocycles. The lowest BCUT2D eigenvalue weighted by Gasteiger charge is -2.59. The van der Waals surface area contributed by atoms with Crippen molar-refractivity contribution in [2.24, 2.45) is 39.7 Å². The maximum absolute atomic E-state index is 12.3. The number of allylic oxidation sites excluding steroid dienone is 1. The number of carboxylic acid groups (broad SMARTS) is 1. The van der Waals surface area contributed by atoms with E-state index in [1.165, 1.54) is 5.57 Å². The predicted octanol–water partition coefficient (Wildman–Crippen LogP) is 3.58. The Morgan fingerprint density at radius 2 is 1.97 bits per heavy atom. The van der Waals surface area contributed by atoms with Gasteiger partial charge in [-0.15, -0.1) is 0 Å². The summed E-state index contributed by atoms with van der Waals surface area (Å²) in [6.45, 7) is 5.83. The lowest BCUT2D eigenvalue weighted by Crippen LogP contribution is -2.55. The molecule has 160 valence electrons. The Bertz CT molecular complexity index is 773. The number of hydrogen-bond donors (Lipinski definition) is 2. The summed E-state index contributed by atoms with van der Waals surface area (Å²) in [7, 11) is 0. The van der Waals surface area contributed by atoms with Gasteiger partial charge in [0.2, 0.25) is 6.61 Å². The Kier molecular flexibility index (Phi) is 5.12. The van der Waals surface area contributed by atoms with Crippen molar-refractivity contribution >= 4 is 17.5 Å². The second-order valence-corrected chi connectivity index (χ2v) is 10.1. The molecule has 3 saturated carbocycles. The molecule has 0 aromatic carbocycles. The minimum Gasteiger partial charge on any atom is -0.479 e. The number of carbonyl (C=O) groups excluding carboxylic acids is 1. The highest BCUT2D eigenvalue weighted by molar-refractivity contribution is 5.97. The molecule has 0 bridgehead atoms. The van der Waals surface area contributed by atoms with Gasteiger partial charge in [-0.25, -0.2) is 4.79 Å². The van der Waals surface area contributed by atoms with Crippen molar-refractivity contribution in [3.8, 4) is 0 Å². The van der Waals surface area contributed by atoms with Crippen LogP contribution in [-0.2, 0) is 14.4 Å². The molecule has 4 aliphatic carbocycles. The zero-order chi connectivity index (χ0) is 21.0. The second kappa shape index (κ2) is 7.22. The Hall–Kier alpha value is -1.69. The van der Waals surface area contributed by atoms with Crippen LogP contribution < -0.4 is 0 Å². The first-order valence-corrected chi connectivity index (χ1v) is 11.0. The first-order valence-electron chi connectivity index (χ1n) is 11.0. The maximum Gasteiger partial charge on any atom is 0.344 e. The van der Waals surface area contributed by atoms with Crippen LogP contribution in [-0.4, -0.2) is 40.4 Å². The number of hydrogen-bond acceptors (Lipinski definition) is 5. The summed E-state index contributed by atoms with van der Waals surface area (Å²) in [6, 6.07) is 0. The van der Waals surface area contributed by atoms with Crippen molar-refractivity contribution in [3.63, 3.8) is 0 Å². The van der Waals surface area contributed by atoms with Gasteiger partial charge in [-0.1, -0.05) is 24.6 Å². The minimum absolute atomic E-state index is 0.113. The summed E-state index contributed by atoms with van der Waals surface area (Å²) < 4.78 is 0. The van der Waals surface area contributed by atoms with Crippen LogP contribution in [0.25, 0.3) is 0 Å². The van der Waals surface area contributed by atoms with Crippen LogP contribution in [0.1, 0.15) is 65.7 Å². The predicted molar refractivity (Wildman–Crippen MR) is 108 cm³/mol. The van der Waals surface area contributed by atoms with Crippen molar-refractivity contribution in [3.05, 3.63) is 11.6 Å². The van der Waals surface area contributed by atoms with Crippen molar-refractivity contribution < 1.29 is 24.6 Å². The average molecular weight is 404 g/mol. The molecular weight excluding hydrogens is 370 g/mol. The molecular formula is C23H33NO5. The van der Waals surface area contributed by atoms with E-state index in [0.29, 0.717) is 35.7 Å². The molecule has 4 aliphatic rings. The molecule has 0 spiro atoms. The molecule has 2 N–H and O–H groups in total. The monoisotopic (exact) mass is 403 g/mol. The first-order chi connectivity index (χ1) is 13.7. The maximum atomic E-state index is 12.3. The van der Waals surface area contributed by atoms with Crippen molar-refractivity contribution in [2.45, 2.75) is 71.8 Å². The van der Waals surface area contributed by atoms with Crippen molar-refractivity contribution in [1.82, 2.24) is 0 Å². The molecule has 0 heterocycles. The third kappa shape index (κ3) is 3.15. The van der Waals surface area contributed by atoms with Gasteiger partial charge in [0.15, 0.2) is 0 Å². The molecule has 29 heavy (non-hydrogen) atoms. The summed E-state index contributed by atoms with van der Waals surface area (Å²) in [5.74, 6) is 1.01. The van der Waals surface area contributed by atoms with E-state index in [-0.39, 0.29) is 16.7 Å². The number of fused-ring (bicyclic) bond motifs is 5. The summed E-state index contributed by atoms with van der Waals surface area (Å²) >= 11 is 0. The van der Waals surface area contributed by atoms with Crippen molar-refractivity contribution in [1.29, 1.82) is 0 Å². The smallest absolute Gasteiger partial charge is 0.344 e. The zero-order valence-electron chi connectivity index (χ0n) is 17.7. The number of carboxylic acids is 1. The fourth-order valence-corrected chi connectivity index (χ4v) is 7.53. The van der Waals surface area contributed by atoms with Crippen LogP contribution in [0.3, 0.4) is 0 Å². The largest absolute Gasteiger partial charge is 0.479 e. The van der Waals surface area contributed by atoms with Gasteiger partial charge in [0.25, 0.3) is 0 Å². The highest BCUT2D eigenvalue weighted by Gasteiger charge is 2.61. The number of rotatable bonds is 4. The van der Waals surface area contributed by atoms with Crippen molar-refractivity contribution in [2.75, 3.05) is 6.61 Å². The van der Waals surface area contributed by atoms with Gasteiger partial charge in [-0.2, -0.15) is 0 Å². The molecule has 6 heteroatoms. The summed E-state index contributed by atoms with van der Waals surface area (Å²) in [4.78, 5) is 27.8. The molecule has 0 aromatic heterocycles. The van der Waals surface area contributed by atoms with E-state index in [0.717, 1.165) is 38.5 Å². The standard InChI is InChI=1S/C23H33NO5/c1-13(25)17-6-7-18-16-5-4-14-10-15(24-29-12-21(27)28)11-20(26)23(14,3)19(16)8-9-22(17,18)2/h10,16-20,26H,4-9,11-12H2,1-3H3,(H,27,28)/t16-,17+,18-,19-,20?,22+,23-/m0/s1. The normalized spacial score (nSPS) is 45.0. The van der Waals surface area contributed by atoms with Gasteiger partial charge in [0.05, 0.1) is 11.8 Å². The third-order valence-electron chi connectivity index (χ3n) is 8.94. The number of ketones is 1. The first kappa shape index (κ1) is 20.6. The van der Waals surface area contributed by atoms with Crippen LogP contribution in [0.15, 0.2) is 16.8 Å². The van der Waals surface area contributed by atoms with Gasteiger partial charge >= 0.3 is 5.97 Å². The van der Waals surface area contributed by atoms with Gasteiger partial charge < -0.3 is 15.1 Å². The average Bonchev–Trinajstić information content (AvgIpc) is 3.00. The summed E-state index contributed by atoms with van der Waals surface area (Å²) in [5.41, 5.74) is 1.69. The Balaban J connectivity index is 1.59. The van der Waals surface area contributed by atoms with E-state index < -0.39 is 18.7 Å². The minimum atomic E-state index is -1.06. The van der Waals surface area contributed by atoms with E-state index in [9.17, 15) is 14.7 Å². The van der Waals surface area contributed by atoms with E-state index in [2.05, 4.69) is 19.0 Å². The molecule has 0 amide bonds. The Morgan fingerprint density at radius 3 is 2.66 bits per heavy atom. The molecule has 3 fully saturated rings. The number of aliphatic carboxylic acids is 1. The number of aliphatic hydroxyl groups is 1. The van der Waals surface area contributed by atoms with Crippen LogP contribution in [0.4, 0.5) is 0 Å². The molecule has 0 aliphatic heterocycles. The third-order valence-corrected chi connectivity index (χ3v) is 8.94. The topological polar surface area (TPSA) is 96.2 Å². The quantitative estimate of drug-likeness (QED) is 0.700. The lowest BCUT2D eigenvalue weighted by molar-refractivity contribution is -0.142. The van der Waals surface area contributed by atoms with Crippen LogP contribution in [0, 0.1) is 34.5 Å². The highest BCUT2D eigenvalue weighted by Crippen LogP contribution is 2.66. The number of aliphatic hydroxyl groups excluding tert-OH is 1. The molecule has 4 rings (SSSR count). The lowest BCUT2D eigenvalue weighted by atomic mass is 9.46. The molecule has 6 nitrogen and oxygen atoms in total. The number of oxime groups is 1. The number of Topliss-reactive ketones (excluding diaryl/α,β-unsaturated/α-hetero) is 1. The van der Waals surface area contributed by atoms with Gasteiger partial charge in [0.1, 0.15) is 5.78 Å². The second-order valence-electron chi connectivity index (χ2n) is 10.1. The fourth-order valence-electron chi connectivity index (χ4n) is 7.53. The zero-order valence-corrected chi connectivity index (χ0v) is 17.7. The van der Waals surface area contributed by atoms with Crippen LogP contribution in [0.5, 0.6) is 0 Å². The number of nitrogens with zero attached hydrogens (tertiary/aromatic N) is 1.